The van der Waals surface area contributed by atoms with Crippen LogP contribution in [0.5, 0.6) is 5.75 Å². The smallest absolute Gasteiger partial charge is 0.326 e. The SMILES string of the molecule is CCCCCCCOc1ccc(N2CCN(c3ccc(C[C@H](NC(=O)c4ccc(C(C)(C)C)s4)C(=O)O)cc3)C2O)cc1. The van der Waals surface area contributed by atoms with Gasteiger partial charge in [0.05, 0.1) is 11.5 Å². The summed E-state index contributed by atoms with van der Waals surface area (Å²) in [6.07, 6.45) is 5.32. The molecule has 1 saturated heterocycles. The highest BCUT2D eigenvalue weighted by Gasteiger charge is 2.31. The molecule has 0 radical (unpaired) electrons. The summed E-state index contributed by atoms with van der Waals surface area (Å²) in [4.78, 5) is 30.2. The van der Waals surface area contributed by atoms with E-state index in [1.807, 2.05) is 64.4 Å². The average molecular weight is 608 g/mol. The average Bonchev–Trinajstić information content (AvgIpc) is 3.63. The molecule has 3 N–H and O–H groups in total. The molecule has 1 aliphatic heterocycles. The topological polar surface area (TPSA) is 102 Å². The zero-order valence-electron chi connectivity index (χ0n) is 25.7. The van der Waals surface area contributed by atoms with E-state index in [9.17, 15) is 19.8 Å². The van der Waals surface area contributed by atoms with Gasteiger partial charge in [0.1, 0.15) is 11.8 Å². The van der Waals surface area contributed by atoms with E-state index in [0.717, 1.165) is 34.0 Å². The van der Waals surface area contributed by atoms with Crippen LogP contribution in [0.15, 0.2) is 60.7 Å². The number of unbranched alkanes of at least 4 members (excludes halogenated alkanes) is 4. The number of anilines is 2. The summed E-state index contributed by atoms with van der Waals surface area (Å²) in [5, 5.41) is 23.6. The number of carboxylic acid groups (broad SMARTS) is 1. The predicted octanol–water partition coefficient (Wildman–Crippen LogP) is 6.42. The number of aliphatic carboxylic acids is 1. The van der Waals surface area contributed by atoms with Crippen molar-refractivity contribution in [2.75, 3.05) is 29.5 Å². The summed E-state index contributed by atoms with van der Waals surface area (Å²) in [7, 11) is 0. The molecule has 0 saturated carbocycles. The molecule has 232 valence electrons. The lowest BCUT2D eigenvalue weighted by molar-refractivity contribution is -0.139. The zero-order valence-corrected chi connectivity index (χ0v) is 26.5. The Bertz CT molecular complexity index is 1330. The molecule has 43 heavy (non-hydrogen) atoms. The number of carbonyl (C=O) groups excluding carboxylic acids is 1. The van der Waals surface area contributed by atoms with Crippen molar-refractivity contribution in [1.82, 2.24) is 5.32 Å². The minimum Gasteiger partial charge on any atom is -0.494 e. The first kappa shape index (κ1) is 32.4. The van der Waals surface area contributed by atoms with E-state index in [-0.39, 0.29) is 17.7 Å². The zero-order chi connectivity index (χ0) is 31.0. The molecule has 2 atom stereocenters. The van der Waals surface area contributed by atoms with Crippen LogP contribution in [-0.4, -0.2) is 54.2 Å². The Hall–Kier alpha value is -3.56. The van der Waals surface area contributed by atoms with Gasteiger partial charge < -0.3 is 30.1 Å². The first-order valence-corrected chi connectivity index (χ1v) is 16.1. The van der Waals surface area contributed by atoms with Gasteiger partial charge in [-0.05, 0) is 65.9 Å². The maximum absolute atomic E-state index is 12.8. The maximum atomic E-state index is 12.8. The number of ether oxygens (including phenoxy) is 1. The fourth-order valence-corrected chi connectivity index (χ4v) is 6.09. The molecule has 9 heteroatoms. The number of thiophene rings is 1. The minimum atomic E-state index is -1.08. The Morgan fingerprint density at radius 2 is 1.53 bits per heavy atom. The second-order valence-corrected chi connectivity index (χ2v) is 13.2. The van der Waals surface area contributed by atoms with Gasteiger partial charge in [-0.2, -0.15) is 0 Å². The molecule has 1 aromatic heterocycles. The van der Waals surface area contributed by atoms with Crippen LogP contribution in [0.4, 0.5) is 11.4 Å². The van der Waals surface area contributed by atoms with Crippen molar-refractivity contribution in [2.45, 2.75) is 84.0 Å². The van der Waals surface area contributed by atoms with Crippen LogP contribution >= 0.6 is 11.3 Å². The Balaban J connectivity index is 1.31. The van der Waals surface area contributed by atoms with Crippen LogP contribution in [0.25, 0.3) is 0 Å². The van der Waals surface area contributed by atoms with E-state index in [1.165, 1.54) is 37.0 Å². The number of carboxylic acids is 1. The van der Waals surface area contributed by atoms with Crippen LogP contribution < -0.4 is 19.9 Å². The van der Waals surface area contributed by atoms with Crippen molar-refractivity contribution in [3.05, 3.63) is 76.0 Å². The molecule has 1 amide bonds. The van der Waals surface area contributed by atoms with E-state index in [0.29, 0.717) is 24.6 Å². The first-order chi connectivity index (χ1) is 20.6. The number of hydrogen-bond acceptors (Lipinski definition) is 7. The molecule has 1 unspecified atom stereocenters. The van der Waals surface area contributed by atoms with Crippen LogP contribution in [0, 0.1) is 0 Å². The van der Waals surface area contributed by atoms with Gasteiger partial charge in [-0.15, -0.1) is 11.3 Å². The van der Waals surface area contributed by atoms with E-state index < -0.39 is 18.4 Å². The number of benzene rings is 2. The Morgan fingerprint density at radius 1 is 0.930 bits per heavy atom. The lowest BCUT2D eigenvalue weighted by Gasteiger charge is -2.28. The summed E-state index contributed by atoms with van der Waals surface area (Å²) in [5.41, 5.74) is 2.46. The molecule has 0 bridgehead atoms. The molecule has 8 nitrogen and oxygen atoms in total. The standard InChI is InChI=1S/C34H45N3O5S/c1-5-6-7-8-9-22-42-27-16-14-26(15-17-27)37-21-20-36(33(37)41)25-12-10-24(11-13-25)23-28(32(39)40)35-31(38)29-18-19-30(43-29)34(2,3)4/h10-19,28,33,41H,5-9,20-23H2,1-4H3,(H,35,38)(H,39,40)/t28-,33?/m0/s1. The third-order valence-corrected chi connectivity index (χ3v) is 9.21. The molecule has 0 spiro atoms. The maximum Gasteiger partial charge on any atom is 0.326 e. The van der Waals surface area contributed by atoms with Gasteiger partial charge in [0, 0.05) is 35.8 Å². The summed E-state index contributed by atoms with van der Waals surface area (Å²) in [6, 6.07) is 17.9. The largest absolute Gasteiger partial charge is 0.494 e. The number of rotatable bonds is 14. The number of carbonyl (C=O) groups is 2. The molecular weight excluding hydrogens is 562 g/mol. The fourth-order valence-electron chi connectivity index (χ4n) is 5.12. The quantitative estimate of drug-likeness (QED) is 0.182. The second-order valence-electron chi connectivity index (χ2n) is 12.1. The van der Waals surface area contributed by atoms with Crippen molar-refractivity contribution in [3.8, 4) is 5.75 Å². The summed E-state index contributed by atoms with van der Waals surface area (Å²) >= 11 is 1.38. The lowest BCUT2D eigenvalue weighted by Crippen LogP contribution is -2.42. The summed E-state index contributed by atoms with van der Waals surface area (Å²) < 4.78 is 5.88. The van der Waals surface area contributed by atoms with Crippen molar-refractivity contribution in [2.24, 2.45) is 0 Å². The number of nitrogens with zero attached hydrogens (tertiary/aromatic N) is 2. The van der Waals surface area contributed by atoms with Gasteiger partial charge in [-0.25, -0.2) is 4.79 Å². The Morgan fingerprint density at radius 3 is 2.09 bits per heavy atom. The minimum absolute atomic E-state index is 0.0797. The summed E-state index contributed by atoms with van der Waals surface area (Å²) in [6.45, 7) is 10.5. The highest BCUT2D eigenvalue weighted by Crippen LogP contribution is 2.30. The van der Waals surface area contributed by atoms with Crippen molar-refractivity contribution in [1.29, 1.82) is 0 Å². The third kappa shape index (κ3) is 8.74. The number of aliphatic hydroxyl groups is 1. The molecule has 1 aliphatic rings. The Labute approximate surface area is 259 Å². The molecule has 3 aromatic rings. The predicted molar refractivity (Wildman–Crippen MR) is 173 cm³/mol. The van der Waals surface area contributed by atoms with Crippen molar-refractivity contribution >= 4 is 34.6 Å². The molecule has 4 rings (SSSR count). The lowest BCUT2D eigenvalue weighted by atomic mass is 9.95. The van der Waals surface area contributed by atoms with Gasteiger partial charge in [0.2, 0.25) is 6.35 Å². The molecular formula is C34H45N3O5S. The van der Waals surface area contributed by atoms with Crippen LogP contribution in [0.3, 0.4) is 0 Å². The first-order valence-electron chi connectivity index (χ1n) is 15.2. The van der Waals surface area contributed by atoms with Crippen molar-refractivity contribution in [3.63, 3.8) is 0 Å². The van der Waals surface area contributed by atoms with Crippen molar-refractivity contribution < 1.29 is 24.5 Å². The van der Waals surface area contributed by atoms with E-state index in [2.05, 4.69) is 33.0 Å². The molecule has 0 aliphatic carbocycles. The van der Waals surface area contributed by atoms with Crippen LogP contribution in [0.2, 0.25) is 0 Å². The number of aliphatic hydroxyl groups excluding tert-OH is 1. The highest BCUT2D eigenvalue weighted by atomic mass is 32.1. The number of amides is 1. The highest BCUT2D eigenvalue weighted by molar-refractivity contribution is 7.14. The monoisotopic (exact) mass is 607 g/mol. The van der Waals surface area contributed by atoms with Gasteiger partial charge in [0.15, 0.2) is 0 Å². The fraction of sp³-hybridized carbons (Fsp3) is 0.471. The number of hydrogen-bond donors (Lipinski definition) is 3. The van der Waals surface area contributed by atoms with E-state index in [4.69, 9.17) is 4.74 Å². The van der Waals surface area contributed by atoms with E-state index in [1.54, 1.807) is 6.07 Å². The van der Waals surface area contributed by atoms with E-state index >= 15 is 0 Å². The van der Waals surface area contributed by atoms with Gasteiger partial charge >= 0.3 is 5.97 Å². The van der Waals surface area contributed by atoms with Crippen LogP contribution in [0.1, 0.15) is 79.9 Å². The number of nitrogens with one attached hydrogen (secondary N) is 1. The van der Waals surface area contributed by atoms with Gasteiger partial charge in [0.25, 0.3) is 5.91 Å². The van der Waals surface area contributed by atoms with Gasteiger partial charge in [-0.3, -0.25) is 4.79 Å². The second kappa shape index (κ2) is 14.8. The van der Waals surface area contributed by atoms with Gasteiger partial charge in [-0.1, -0.05) is 65.5 Å². The third-order valence-electron chi connectivity index (χ3n) is 7.70. The Kier molecular flexibility index (Phi) is 11.1. The van der Waals surface area contributed by atoms with Crippen LogP contribution in [-0.2, 0) is 16.6 Å². The normalized spacial score (nSPS) is 15.9. The molecule has 2 heterocycles. The summed E-state index contributed by atoms with van der Waals surface area (Å²) in [5.74, 6) is -0.632. The molecule has 1 fully saturated rings. The molecule has 2 aromatic carbocycles.